The van der Waals surface area contributed by atoms with E-state index in [0.717, 1.165) is 4.90 Å². The van der Waals surface area contributed by atoms with Gasteiger partial charge in [0.1, 0.15) is 0 Å². The van der Waals surface area contributed by atoms with Gasteiger partial charge >= 0.3 is 0 Å². The van der Waals surface area contributed by atoms with Crippen LogP contribution in [0.4, 0.5) is 5.69 Å². The Kier molecular flexibility index (Phi) is 3.46. The molecule has 0 fully saturated rings. The molecule has 1 aliphatic heterocycles. The topological polar surface area (TPSA) is 66.5 Å². The summed E-state index contributed by atoms with van der Waals surface area (Å²) in [5.41, 5.74) is 0.815. The van der Waals surface area contributed by atoms with Crippen molar-refractivity contribution in [3.05, 3.63) is 42.0 Å². The minimum atomic E-state index is -0.397. The van der Waals surface area contributed by atoms with Gasteiger partial charge in [0.25, 0.3) is 17.7 Å². The van der Waals surface area contributed by atoms with Crippen LogP contribution in [0.25, 0.3) is 0 Å². The van der Waals surface area contributed by atoms with Gasteiger partial charge in [-0.05, 0) is 32.0 Å². The van der Waals surface area contributed by atoms with Crippen LogP contribution in [0.2, 0.25) is 0 Å². The molecule has 5 heteroatoms. The van der Waals surface area contributed by atoms with Gasteiger partial charge in [-0.2, -0.15) is 0 Å². The summed E-state index contributed by atoms with van der Waals surface area (Å²) in [6.07, 6.45) is 2.42. The number of carbonyl (C=O) groups is 3. The zero-order chi connectivity index (χ0) is 14.0. The maximum Gasteiger partial charge on any atom is 0.258 e. The van der Waals surface area contributed by atoms with Crippen LogP contribution >= 0.6 is 0 Å². The molecule has 0 radical (unpaired) electrons. The lowest BCUT2D eigenvalue weighted by molar-refractivity contribution is -0.119. The normalized spacial score (nSPS) is 14.4. The Balaban J connectivity index is 2.27. The molecule has 1 N–H and O–H groups in total. The first kappa shape index (κ1) is 13.0. The summed E-state index contributed by atoms with van der Waals surface area (Å²) in [5.74, 6) is -1.03. The summed E-state index contributed by atoms with van der Waals surface area (Å²) in [5, 5.41) is 2.76. The van der Waals surface area contributed by atoms with E-state index in [4.69, 9.17) is 0 Å². The number of rotatable bonds is 3. The first-order valence-corrected chi connectivity index (χ1v) is 5.96. The Morgan fingerprint density at radius 1 is 1.16 bits per heavy atom. The van der Waals surface area contributed by atoms with Crippen LogP contribution in [0, 0.1) is 0 Å². The molecule has 0 bridgehead atoms. The summed E-state index contributed by atoms with van der Waals surface area (Å²) in [4.78, 5) is 36.0. The smallest absolute Gasteiger partial charge is 0.258 e. The van der Waals surface area contributed by atoms with E-state index in [9.17, 15) is 14.4 Å². The van der Waals surface area contributed by atoms with E-state index >= 15 is 0 Å². The lowest BCUT2D eigenvalue weighted by Crippen LogP contribution is -2.31. The fourth-order valence-corrected chi connectivity index (χ4v) is 1.79. The summed E-state index contributed by atoms with van der Waals surface area (Å²) >= 11 is 0. The molecule has 1 aromatic rings. The fourth-order valence-electron chi connectivity index (χ4n) is 1.79. The van der Waals surface area contributed by atoms with Crippen LogP contribution in [0.3, 0.4) is 0 Å². The van der Waals surface area contributed by atoms with Gasteiger partial charge in [0.2, 0.25) is 0 Å². The standard InChI is InChI=1S/C14H14N2O3/c1-9(2)15-14(19)10-4-3-5-11(8-10)16-12(17)6-7-13(16)18/h3-9H,1-2H3,(H,15,19). The molecule has 0 aliphatic carbocycles. The molecular formula is C14H14N2O3. The van der Waals surface area contributed by atoms with Crippen molar-refractivity contribution in [1.29, 1.82) is 0 Å². The molecule has 3 amide bonds. The molecule has 0 saturated heterocycles. The Bertz CT molecular complexity index is 558. The van der Waals surface area contributed by atoms with Gasteiger partial charge in [0.05, 0.1) is 5.69 Å². The SMILES string of the molecule is CC(C)NC(=O)c1cccc(N2C(=O)C=CC2=O)c1. The number of nitrogens with zero attached hydrogens (tertiary/aromatic N) is 1. The van der Waals surface area contributed by atoms with Gasteiger partial charge in [0, 0.05) is 23.8 Å². The second-order valence-corrected chi connectivity index (χ2v) is 4.52. The van der Waals surface area contributed by atoms with Crippen molar-refractivity contribution in [3.63, 3.8) is 0 Å². The highest BCUT2D eigenvalue weighted by Crippen LogP contribution is 2.20. The van der Waals surface area contributed by atoms with Crippen molar-refractivity contribution in [2.24, 2.45) is 0 Å². The van der Waals surface area contributed by atoms with E-state index in [1.165, 1.54) is 18.2 Å². The molecule has 0 saturated carbocycles. The van der Waals surface area contributed by atoms with E-state index in [1.54, 1.807) is 18.2 Å². The summed E-state index contributed by atoms with van der Waals surface area (Å²) < 4.78 is 0. The number of imide groups is 1. The number of anilines is 1. The number of benzene rings is 1. The molecule has 0 unspecified atom stereocenters. The van der Waals surface area contributed by atoms with Crippen molar-refractivity contribution in [3.8, 4) is 0 Å². The maximum absolute atomic E-state index is 11.9. The van der Waals surface area contributed by atoms with Crippen molar-refractivity contribution >= 4 is 23.4 Å². The quantitative estimate of drug-likeness (QED) is 0.830. The number of carbonyl (C=O) groups excluding carboxylic acids is 3. The van der Waals surface area contributed by atoms with Crippen LogP contribution in [0.15, 0.2) is 36.4 Å². The third kappa shape index (κ3) is 2.70. The second-order valence-electron chi connectivity index (χ2n) is 4.52. The number of amides is 3. The van der Waals surface area contributed by atoms with E-state index < -0.39 is 11.8 Å². The van der Waals surface area contributed by atoms with E-state index in [1.807, 2.05) is 13.8 Å². The molecule has 1 aliphatic rings. The first-order valence-electron chi connectivity index (χ1n) is 5.96. The molecule has 0 aromatic heterocycles. The van der Waals surface area contributed by atoms with Gasteiger partial charge in [-0.15, -0.1) is 0 Å². The Hall–Kier alpha value is -2.43. The average Bonchev–Trinajstić information content (AvgIpc) is 2.68. The summed E-state index contributed by atoms with van der Waals surface area (Å²) in [7, 11) is 0. The molecule has 0 atom stereocenters. The number of hydrogen-bond donors (Lipinski definition) is 1. The lowest BCUT2D eigenvalue weighted by Gasteiger charge is -2.15. The van der Waals surface area contributed by atoms with Crippen LogP contribution in [-0.2, 0) is 9.59 Å². The molecule has 98 valence electrons. The molecule has 1 aromatic carbocycles. The van der Waals surface area contributed by atoms with E-state index in [2.05, 4.69) is 5.32 Å². The first-order chi connectivity index (χ1) is 8.99. The van der Waals surface area contributed by atoms with Gasteiger partial charge in [-0.3, -0.25) is 14.4 Å². The minimum absolute atomic E-state index is 0.0212. The summed E-state index contributed by atoms with van der Waals surface area (Å²) in [6.45, 7) is 3.72. The monoisotopic (exact) mass is 258 g/mol. The molecule has 5 nitrogen and oxygen atoms in total. The highest BCUT2D eigenvalue weighted by molar-refractivity contribution is 6.28. The molecule has 19 heavy (non-hydrogen) atoms. The van der Waals surface area contributed by atoms with Gasteiger partial charge < -0.3 is 5.32 Å². The van der Waals surface area contributed by atoms with Gasteiger partial charge in [0.15, 0.2) is 0 Å². The van der Waals surface area contributed by atoms with Crippen LogP contribution in [0.5, 0.6) is 0 Å². The summed E-state index contributed by atoms with van der Waals surface area (Å²) in [6, 6.07) is 6.45. The van der Waals surface area contributed by atoms with E-state index in [0.29, 0.717) is 11.3 Å². The van der Waals surface area contributed by atoms with Gasteiger partial charge in [-0.25, -0.2) is 4.90 Å². The van der Waals surface area contributed by atoms with Gasteiger partial charge in [-0.1, -0.05) is 6.07 Å². The highest BCUT2D eigenvalue weighted by atomic mass is 16.2. The number of hydrogen-bond acceptors (Lipinski definition) is 3. The van der Waals surface area contributed by atoms with Crippen LogP contribution < -0.4 is 10.2 Å². The van der Waals surface area contributed by atoms with Crippen molar-refractivity contribution in [2.45, 2.75) is 19.9 Å². The zero-order valence-electron chi connectivity index (χ0n) is 10.7. The van der Waals surface area contributed by atoms with Crippen molar-refractivity contribution in [2.75, 3.05) is 4.90 Å². The Labute approximate surface area is 110 Å². The minimum Gasteiger partial charge on any atom is -0.350 e. The van der Waals surface area contributed by atoms with Crippen LogP contribution in [-0.4, -0.2) is 23.8 Å². The fraction of sp³-hybridized carbons (Fsp3) is 0.214. The zero-order valence-corrected chi connectivity index (χ0v) is 10.7. The van der Waals surface area contributed by atoms with E-state index in [-0.39, 0.29) is 11.9 Å². The molecule has 1 heterocycles. The maximum atomic E-state index is 11.9. The number of nitrogens with one attached hydrogen (secondary N) is 1. The highest BCUT2D eigenvalue weighted by Gasteiger charge is 2.25. The molecule has 0 spiro atoms. The Morgan fingerprint density at radius 3 is 2.37 bits per heavy atom. The lowest BCUT2D eigenvalue weighted by atomic mass is 10.1. The molecular weight excluding hydrogens is 244 g/mol. The predicted octanol–water partition coefficient (Wildman–Crippen LogP) is 1.25. The average molecular weight is 258 g/mol. The predicted molar refractivity (Wildman–Crippen MR) is 70.7 cm³/mol. The largest absolute Gasteiger partial charge is 0.350 e. The van der Waals surface area contributed by atoms with Crippen molar-refractivity contribution in [1.82, 2.24) is 5.32 Å². The third-order valence-electron chi connectivity index (χ3n) is 2.60. The Morgan fingerprint density at radius 2 is 1.79 bits per heavy atom. The van der Waals surface area contributed by atoms with Crippen molar-refractivity contribution < 1.29 is 14.4 Å². The van der Waals surface area contributed by atoms with Crippen LogP contribution in [0.1, 0.15) is 24.2 Å². The second kappa shape index (κ2) is 5.06. The third-order valence-corrected chi connectivity index (χ3v) is 2.60. The molecule has 2 rings (SSSR count).